The van der Waals surface area contributed by atoms with Gasteiger partial charge in [0.15, 0.2) is 23.1 Å². The summed E-state index contributed by atoms with van der Waals surface area (Å²) in [5.41, 5.74) is 6.63. The molecule has 67 heavy (non-hydrogen) atoms. The van der Waals surface area contributed by atoms with Crippen molar-refractivity contribution in [1.29, 1.82) is 0 Å². The molecule has 0 aliphatic rings. The predicted octanol–water partition coefficient (Wildman–Crippen LogP) is 15.7. The molecule has 4 heterocycles. The van der Waals surface area contributed by atoms with E-state index in [1.165, 1.54) is 6.07 Å². The number of rotatable bonds is 6. The first kappa shape index (κ1) is 38.6. The van der Waals surface area contributed by atoms with Crippen LogP contribution in [0.15, 0.2) is 211 Å². The molecule has 4 aromatic heterocycles. The van der Waals surface area contributed by atoms with E-state index >= 15 is 13.2 Å². The van der Waals surface area contributed by atoms with Gasteiger partial charge in [0.2, 0.25) is 0 Å². The molecule has 0 radical (unpaired) electrons. The number of nitrogens with zero attached hydrogens (tertiary/aromatic N) is 5. The molecule has 0 saturated heterocycles. The van der Waals surface area contributed by atoms with Crippen molar-refractivity contribution in [3.05, 3.63) is 212 Å². The first-order chi connectivity index (χ1) is 32.9. The minimum Gasteiger partial charge on any atom is -0.454 e. The Balaban J connectivity index is 1.23. The Kier molecular flexibility index (Phi) is 8.57. The average Bonchev–Trinajstić information content (AvgIpc) is 4.05. The summed E-state index contributed by atoms with van der Waals surface area (Å²) in [6.07, 6.45) is -4.89. The van der Waals surface area contributed by atoms with Gasteiger partial charge in [-0.25, -0.2) is 15.0 Å². The van der Waals surface area contributed by atoms with Crippen LogP contribution in [-0.2, 0) is 6.18 Å². The largest absolute Gasteiger partial charge is 0.454 e. The van der Waals surface area contributed by atoms with Gasteiger partial charge < -0.3 is 13.6 Å². The summed E-state index contributed by atoms with van der Waals surface area (Å²) < 4.78 is 60.6. The molecular weight excluding hydrogens is 840 g/mol. The zero-order chi connectivity index (χ0) is 44.8. The molecule has 0 aliphatic heterocycles. The lowest BCUT2D eigenvalue weighted by Gasteiger charge is -2.20. The van der Waals surface area contributed by atoms with Crippen molar-refractivity contribution in [2.75, 3.05) is 0 Å². The van der Waals surface area contributed by atoms with Gasteiger partial charge in [0, 0.05) is 60.3 Å². The summed E-state index contributed by atoms with van der Waals surface area (Å²) in [6, 6.07) is 65.5. The number of hydrogen-bond acceptors (Lipinski definition) is 4. The Hall–Kier alpha value is -8.82. The molecule has 318 valence electrons. The van der Waals surface area contributed by atoms with Crippen LogP contribution in [0.25, 0.3) is 122 Å². The van der Waals surface area contributed by atoms with E-state index in [9.17, 15) is 0 Å². The molecule has 13 aromatic rings. The molecule has 0 aliphatic carbocycles. The molecule has 13 rings (SSSR count). The summed E-state index contributed by atoms with van der Waals surface area (Å²) in [5, 5.41) is 4.69. The Morgan fingerprint density at radius 2 is 0.910 bits per heavy atom. The van der Waals surface area contributed by atoms with Crippen molar-refractivity contribution in [1.82, 2.24) is 24.1 Å². The van der Waals surface area contributed by atoms with Crippen LogP contribution in [0.3, 0.4) is 0 Å². The van der Waals surface area contributed by atoms with Gasteiger partial charge in [0.1, 0.15) is 11.3 Å². The zero-order valence-corrected chi connectivity index (χ0v) is 35.4. The van der Waals surface area contributed by atoms with Gasteiger partial charge in [0.25, 0.3) is 0 Å². The van der Waals surface area contributed by atoms with Crippen LogP contribution in [0.5, 0.6) is 0 Å². The highest BCUT2D eigenvalue weighted by Crippen LogP contribution is 2.51. The molecule has 0 unspecified atom stereocenters. The van der Waals surface area contributed by atoms with Gasteiger partial charge >= 0.3 is 6.18 Å². The third kappa shape index (κ3) is 6.01. The van der Waals surface area contributed by atoms with Gasteiger partial charge in [-0.15, -0.1) is 0 Å². The molecule has 9 aromatic carbocycles. The molecule has 0 bridgehead atoms. The van der Waals surface area contributed by atoms with E-state index in [4.69, 9.17) is 19.4 Å². The number of fused-ring (bicyclic) bond motifs is 10. The van der Waals surface area contributed by atoms with E-state index in [0.717, 1.165) is 49.4 Å². The zero-order valence-electron chi connectivity index (χ0n) is 35.4. The summed E-state index contributed by atoms with van der Waals surface area (Å²) in [4.78, 5) is 14.8. The molecule has 0 saturated carbocycles. The van der Waals surface area contributed by atoms with Gasteiger partial charge in [-0.3, -0.25) is 0 Å². The number of para-hydroxylation sites is 4. The number of aromatic nitrogens is 5. The fourth-order valence-electron chi connectivity index (χ4n) is 9.95. The van der Waals surface area contributed by atoms with E-state index in [0.29, 0.717) is 50.2 Å². The second-order valence-electron chi connectivity index (χ2n) is 16.6. The van der Waals surface area contributed by atoms with E-state index in [-0.39, 0.29) is 22.7 Å². The monoisotopic (exact) mass is 873 g/mol. The number of benzene rings is 9. The lowest BCUT2D eigenvalue weighted by atomic mass is 9.97. The Bertz CT molecular complexity index is 4010. The van der Waals surface area contributed by atoms with Crippen molar-refractivity contribution in [2.45, 2.75) is 6.18 Å². The molecule has 0 fully saturated rings. The van der Waals surface area contributed by atoms with E-state index < -0.39 is 11.7 Å². The maximum Gasteiger partial charge on any atom is 0.418 e. The number of furan rings is 1. The summed E-state index contributed by atoms with van der Waals surface area (Å²) in [7, 11) is 0. The van der Waals surface area contributed by atoms with Crippen LogP contribution in [0.4, 0.5) is 13.2 Å². The standard InChI is InChI=1S/C58H34F3N5O/c59-58(60,61)45-34-44(57-63-55(36-21-7-2-8-22-36)62-56(64-57)37-23-9-3-10-24-37)49-41-29-15-18-32-48(41)67-54(49)53(45)66-47-31-17-14-28-40(47)50-51(66)42(35-19-5-1-6-20-35)33-43-39-27-13-16-30-46(39)65(52(43)50)38-25-11-4-12-26-38/h1-34H. The van der Waals surface area contributed by atoms with E-state index in [1.807, 2.05) is 164 Å². The third-order valence-corrected chi connectivity index (χ3v) is 12.8. The highest BCUT2D eigenvalue weighted by Gasteiger charge is 2.39. The molecule has 6 nitrogen and oxygen atoms in total. The number of hydrogen-bond donors (Lipinski definition) is 0. The summed E-state index contributed by atoms with van der Waals surface area (Å²) in [5.74, 6) is 0.745. The van der Waals surface area contributed by atoms with Crippen LogP contribution >= 0.6 is 0 Å². The lowest BCUT2D eigenvalue weighted by molar-refractivity contribution is -0.137. The van der Waals surface area contributed by atoms with Crippen molar-refractivity contribution < 1.29 is 17.6 Å². The van der Waals surface area contributed by atoms with Crippen LogP contribution in [0.1, 0.15) is 5.56 Å². The third-order valence-electron chi connectivity index (χ3n) is 12.8. The van der Waals surface area contributed by atoms with Gasteiger partial charge in [0.05, 0.1) is 27.6 Å². The van der Waals surface area contributed by atoms with Crippen molar-refractivity contribution in [3.63, 3.8) is 0 Å². The van der Waals surface area contributed by atoms with Crippen LogP contribution in [0.2, 0.25) is 0 Å². The molecular formula is C58H34F3N5O. The predicted molar refractivity (Wildman–Crippen MR) is 263 cm³/mol. The average molecular weight is 874 g/mol. The summed E-state index contributed by atoms with van der Waals surface area (Å²) >= 11 is 0. The van der Waals surface area contributed by atoms with Gasteiger partial charge in [-0.1, -0.05) is 164 Å². The SMILES string of the molecule is FC(F)(F)c1cc(-c2nc(-c3ccccc3)nc(-c3ccccc3)n2)c2c(oc3ccccc32)c1-n1c2ccccc2c2c1c(-c1ccccc1)cc1c3ccccc3n(-c3ccccc3)c12. The van der Waals surface area contributed by atoms with Crippen molar-refractivity contribution >= 4 is 65.6 Å². The molecule has 0 amide bonds. The fraction of sp³-hybridized carbons (Fsp3) is 0.0172. The molecule has 0 N–H and O–H groups in total. The van der Waals surface area contributed by atoms with Gasteiger partial charge in [-0.05, 0) is 48.0 Å². The van der Waals surface area contributed by atoms with Crippen LogP contribution in [-0.4, -0.2) is 24.1 Å². The highest BCUT2D eigenvalue weighted by atomic mass is 19.4. The maximum absolute atomic E-state index is 16.6. The second-order valence-corrected chi connectivity index (χ2v) is 16.6. The Morgan fingerprint density at radius 1 is 0.403 bits per heavy atom. The molecule has 0 spiro atoms. The summed E-state index contributed by atoms with van der Waals surface area (Å²) in [6.45, 7) is 0. The smallest absolute Gasteiger partial charge is 0.418 e. The minimum atomic E-state index is -4.89. The normalized spacial score (nSPS) is 12.1. The van der Waals surface area contributed by atoms with Crippen molar-refractivity contribution in [3.8, 4) is 56.7 Å². The fourth-order valence-corrected chi connectivity index (χ4v) is 9.95. The van der Waals surface area contributed by atoms with Crippen LogP contribution < -0.4 is 0 Å². The first-order valence-electron chi connectivity index (χ1n) is 21.9. The molecule has 9 heteroatoms. The maximum atomic E-state index is 16.6. The lowest BCUT2D eigenvalue weighted by Crippen LogP contribution is -2.12. The van der Waals surface area contributed by atoms with Crippen LogP contribution in [0, 0.1) is 0 Å². The minimum absolute atomic E-state index is 0.0549. The topological polar surface area (TPSA) is 61.7 Å². The van der Waals surface area contributed by atoms with E-state index in [1.54, 1.807) is 10.6 Å². The van der Waals surface area contributed by atoms with Gasteiger partial charge in [-0.2, -0.15) is 13.2 Å². The first-order valence-corrected chi connectivity index (χ1v) is 21.9. The number of halogens is 3. The van der Waals surface area contributed by atoms with Crippen molar-refractivity contribution in [2.24, 2.45) is 0 Å². The Morgan fingerprint density at radius 3 is 1.54 bits per heavy atom. The Labute approximate surface area is 380 Å². The second kappa shape index (κ2) is 14.9. The number of alkyl halides is 3. The highest BCUT2D eigenvalue weighted by molar-refractivity contribution is 6.30. The quantitative estimate of drug-likeness (QED) is 0.167. The van der Waals surface area contributed by atoms with E-state index in [2.05, 4.69) is 34.9 Å². The molecule has 0 atom stereocenters.